The van der Waals surface area contributed by atoms with Gasteiger partial charge in [0.2, 0.25) is 0 Å². The number of hydrogen-bond donors (Lipinski definition) is 3. The van der Waals surface area contributed by atoms with Gasteiger partial charge >= 0.3 is 0 Å². The van der Waals surface area contributed by atoms with E-state index >= 15 is 0 Å². The van der Waals surface area contributed by atoms with Crippen molar-refractivity contribution in [2.45, 2.75) is 0 Å². The quantitative estimate of drug-likeness (QED) is 0.286. The van der Waals surface area contributed by atoms with E-state index in [2.05, 4.69) is 61.6 Å². The van der Waals surface area contributed by atoms with Crippen LogP contribution in [-0.2, 0) is 0 Å². The smallest absolute Gasteiger partial charge is 0.125 e. The first kappa shape index (κ1) is 26.6. The molecule has 15 heteroatoms. The van der Waals surface area contributed by atoms with Crippen LogP contribution in [-0.4, -0.2) is 51.5 Å². The lowest BCUT2D eigenvalue weighted by molar-refractivity contribution is 0.751. The second-order valence-corrected chi connectivity index (χ2v) is 7.68. The first-order chi connectivity index (χ1) is 18.0. The number of hydrogen-bond acceptors (Lipinski definition) is 12. The Balaban J connectivity index is 0.000000144. The fourth-order valence-corrected chi connectivity index (χ4v) is 2.84. The summed E-state index contributed by atoms with van der Waals surface area (Å²) in [6.07, 6.45) is 15.1. The summed E-state index contributed by atoms with van der Waals surface area (Å²) in [6.45, 7) is 0.778. The van der Waals surface area contributed by atoms with Gasteiger partial charge in [0.25, 0.3) is 0 Å². The number of halogens is 1. The molecule has 188 valence electrons. The third-order valence-corrected chi connectivity index (χ3v) is 4.54. The van der Waals surface area contributed by atoms with Crippen LogP contribution in [0.15, 0.2) is 107 Å². The average molecular weight is 563 g/mol. The normalized spacial score (nSPS) is 10.8. The summed E-state index contributed by atoms with van der Waals surface area (Å²) in [7, 11) is 0. The number of nitrogens with zero attached hydrogens (tertiary/aromatic N) is 11. The highest BCUT2D eigenvalue weighted by atomic mass is 79.9. The second kappa shape index (κ2) is 14.4. The molecule has 6 rings (SSSR count). The Morgan fingerprint density at radius 3 is 1.81 bits per heavy atom. The predicted octanol–water partition coefficient (Wildman–Crippen LogP) is 2.88. The van der Waals surface area contributed by atoms with E-state index < -0.39 is 0 Å². The topological polar surface area (TPSA) is 203 Å². The molecule has 5 aromatic heterocycles. The van der Waals surface area contributed by atoms with Crippen molar-refractivity contribution in [3.05, 3.63) is 96.5 Å². The lowest BCUT2D eigenvalue weighted by Gasteiger charge is -1.98. The monoisotopic (exact) mass is 562 g/mol. The molecule has 1 aliphatic heterocycles. The van der Waals surface area contributed by atoms with Crippen LogP contribution < -0.4 is 17.2 Å². The van der Waals surface area contributed by atoms with Gasteiger partial charge in [-0.3, -0.25) is 0 Å². The molecule has 1 aliphatic rings. The van der Waals surface area contributed by atoms with E-state index in [4.69, 9.17) is 17.2 Å². The second-order valence-electron chi connectivity index (χ2n) is 6.77. The third-order valence-electron chi connectivity index (χ3n) is 4.05. The lowest BCUT2D eigenvalue weighted by atomic mass is 10.4. The third kappa shape index (κ3) is 9.61. The number of aromatic nitrogens is 9. The van der Waals surface area contributed by atoms with Crippen molar-refractivity contribution in [1.82, 2.24) is 44.9 Å². The Kier molecular flexibility index (Phi) is 10.3. The molecule has 0 unspecified atom stereocenters. The minimum absolute atomic E-state index is 0.463. The highest BCUT2D eigenvalue weighted by Gasteiger charge is 1.97. The Morgan fingerprint density at radius 2 is 1.35 bits per heavy atom. The molecule has 14 nitrogen and oxygen atoms in total. The highest BCUT2D eigenvalue weighted by molar-refractivity contribution is 9.10. The van der Waals surface area contributed by atoms with Crippen molar-refractivity contribution in [3.63, 3.8) is 0 Å². The Morgan fingerprint density at radius 1 is 0.730 bits per heavy atom. The molecule has 6 heterocycles. The van der Waals surface area contributed by atoms with Gasteiger partial charge < -0.3 is 17.2 Å². The van der Waals surface area contributed by atoms with Gasteiger partial charge in [0, 0.05) is 41.4 Å². The van der Waals surface area contributed by atoms with Crippen LogP contribution >= 0.6 is 15.9 Å². The van der Waals surface area contributed by atoms with E-state index in [9.17, 15) is 0 Å². The molecule has 0 saturated carbocycles. The number of nitrogens with two attached hydrogens (primary N) is 3. The van der Waals surface area contributed by atoms with Gasteiger partial charge in [-0.15, -0.1) is 5.10 Å². The maximum absolute atomic E-state index is 5.49. The van der Waals surface area contributed by atoms with Crippen molar-refractivity contribution in [2.75, 3.05) is 23.7 Å². The summed E-state index contributed by atoms with van der Waals surface area (Å²) >= 11 is 3.24. The van der Waals surface area contributed by atoms with Crippen LogP contribution in [0.25, 0.3) is 11.4 Å². The molecule has 0 aromatic carbocycles. The van der Waals surface area contributed by atoms with Crippen LogP contribution in [0.3, 0.4) is 0 Å². The van der Waals surface area contributed by atoms with Crippen molar-refractivity contribution < 1.29 is 0 Å². The van der Waals surface area contributed by atoms with Gasteiger partial charge in [0.05, 0.1) is 42.7 Å². The molecular weight excluding hydrogens is 540 g/mol. The van der Waals surface area contributed by atoms with Gasteiger partial charge in [-0.1, -0.05) is 21.1 Å². The van der Waals surface area contributed by atoms with E-state index in [0.717, 1.165) is 22.4 Å². The van der Waals surface area contributed by atoms with E-state index in [-0.39, 0.29) is 0 Å². The van der Waals surface area contributed by atoms with Crippen LogP contribution in [0, 0.1) is 0 Å². The molecule has 0 radical (unpaired) electrons. The zero-order valence-corrected chi connectivity index (χ0v) is 21.0. The van der Waals surface area contributed by atoms with E-state index in [0.29, 0.717) is 17.5 Å². The molecule has 0 amide bonds. The van der Waals surface area contributed by atoms with Gasteiger partial charge in [-0.2, -0.15) is 25.2 Å². The van der Waals surface area contributed by atoms with Gasteiger partial charge in [0.15, 0.2) is 0 Å². The number of anilines is 3. The molecule has 5 aromatic rings. The molecule has 0 saturated heterocycles. The molecule has 0 spiro atoms. The summed E-state index contributed by atoms with van der Waals surface area (Å²) in [5.41, 5.74) is 18.0. The van der Waals surface area contributed by atoms with Crippen LogP contribution in [0.5, 0.6) is 0 Å². The summed E-state index contributed by atoms with van der Waals surface area (Å²) in [5.74, 6) is 1.48. The summed E-state index contributed by atoms with van der Waals surface area (Å²) in [5, 5.41) is 22.5. The zero-order chi connectivity index (χ0) is 26.3. The number of azo groups is 1. The SMILES string of the molecule is C1=CN=NC1.Nc1cc(-n2ccnn2)ccn1.Nc1cc(-n2nccn2)ccn1.Nc1cc(Br)ccn1. The minimum Gasteiger partial charge on any atom is -0.384 e. The Bertz CT molecular complexity index is 1300. The Labute approximate surface area is 220 Å². The van der Waals surface area contributed by atoms with Crippen LogP contribution in [0.1, 0.15) is 0 Å². The molecule has 37 heavy (non-hydrogen) atoms. The number of rotatable bonds is 2. The van der Waals surface area contributed by atoms with Crippen molar-refractivity contribution in [2.24, 2.45) is 10.2 Å². The molecule has 0 aliphatic carbocycles. The molecule has 6 N–H and O–H groups in total. The maximum Gasteiger partial charge on any atom is 0.125 e. The highest BCUT2D eigenvalue weighted by Crippen LogP contribution is 2.09. The van der Waals surface area contributed by atoms with E-state index in [1.54, 1.807) is 78.5 Å². The van der Waals surface area contributed by atoms with Gasteiger partial charge in [-0.25, -0.2) is 19.6 Å². The zero-order valence-electron chi connectivity index (χ0n) is 19.4. The fourth-order valence-electron chi connectivity index (χ4n) is 2.49. The van der Waals surface area contributed by atoms with E-state index in [1.165, 1.54) is 4.80 Å². The van der Waals surface area contributed by atoms with Gasteiger partial charge in [-0.05, 0) is 30.3 Å². The maximum atomic E-state index is 5.49. The van der Waals surface area contributed by atoms with Crippen LogP contribution in [0.2, 0.25) is 0 Å². The largest absolute Gasteiger partial charge is 0.384 e. The van der Waals surface area contributed by atoms with Crippen molar-refractivity contribution in [3.8, 4) is 11.4 Å². The Hall–Kier alpha value is -5.05. The summed E-state index contributed by atoms with van der Waals surface area (Å²) in [6, 6.07) is 10.6. The lowest BCUT2D eigenvalue weighted by Crippen LogP contribution is -2.00. The first-order valence-electron chi connectivity index (χ1n) is 10.6. The summed E-state index contributed by atoms with van der Waals surface area (Å²) < 4.78 is 2.59. The van der Waals surface area contributed by atoms with Crippen molar-refractivity contribution >= 4 is 33.4 Å². The van der Waals surface area contributed by atoms with Crippen LogP contribution in [0.4, 0.5) is 17.5 Å². The number of nitrogen functional groups attached to an aromatic ring is 3. The molecule has 0 atom stereocenters. The van der Waals surface area contributed by atoms with E-state index in [1.807, 2.05) is 18.2 Å². The molecule has 0 bridgehead atoms. The fraction of sp³-hybridized carbons (Fsp3) is 0.0455. The van der Waals surface area contributed by atoms with Gasteiger partial charge in [0.1, 0.15) is 17.5 Å². The average Bonchev–Trinajstić information content (AvgIpc) is 3.70. The first-order valence-corrected chi connectivity index (χ1v) is 11.4. The summed E-state index contributed by atoms with van der Waals surface area (Å²) in [4.78, 5) is 13.0. The number of pyridine rings is 3. The predicted molar refractivity (Wildman–Crippen MR) is 142 cm³/mol. The molecular formula is C22H23BrN14. The van der Waals surface area contributed by atoms with Crippen molar-refractivity contribution in [1.29, 1.82) is 0 Å². The molecule has 0 fully saturated rings. The minimum atomic E-state index is 0.463. The standard InChI is InChI=1S/2C7H7N5.C5H5BrN2.C3H4N2/c8-7-5-6(1-2-9-7)12-4-3-10-11-12;8-7-5-6(1-2-9-7)12-10-3-4-11-12;6-4-1-2-8-5(7)3-4;1-2-4-5-3-1/h2*1-5H,(H2,8,9);1-3H,(H2,7,8);1-2H,3H2.